The molecule has 1 atom stereocenters. The molecule has 1 aromatic heterocycles. The lowest BCUT2D eigenvalue weighted by Crippen LogP contribution is -2.55. The Morgan fingerprint density at radius 3 is 2.92 bits per heavy atom. The van der Waals surface area contributed by atoms with E-state index >= 15 is 0 Å². The first-order valence-electron chi connectivity index (χ1n) is 12.3. The topological polar surface area (TPSA) is 103 Å². The first-order valence-corrected chi connectivity index (χ1v) is 12.3. The third-order valence-corrected chi connectivity index (χ3v) is 7.15. The zero-order valence-electron chi connectivity index (χ0n) is 20.9. The molecule has 2 aliphatic heterocycles. The van der Waals surface area contributed by atoms with E-state index in [0.717, 1.165) is 5.56 Å². The van der Waals surface area contributed by atoms with Crippen LogP contribution in [0.25, 0.3) is 22.0 Å². The quantitative estimate of drug-likeness (QED) is 0.530. The molecule has 37 heavy (non-hydrogen) atoms. The maximum Gasteiger partial charge on any atom is 0.246 e. The summed E-state index contributed by atoms with van der Waals surface area (Å²) in [5, 5.41) is 20.6. The highest BCUT2D eigenvalue weighted by molar-refractivity contribution is 6.00. The van der Waals surface area contributed by atoms with E-state index in [1.54, 1.807) is 11.0 Å². The average Bonchev–Trinajstić information content (AvgIpc) is 2.87. The van der Waals surface area contributed by atoms with Crippen LogP contribution in [0.4, 0.5) is 10.2 Å². The van der Waals surface area contributed by atoms with Gasteiger partial charge in [0.2, 0.25) is 5.91 Å². The van der Waals surface area contributed by atoms with Crippen LogP contribution in [0.3, 0.4) is 0 Å². The van der Waals surface area contributed by atoms with Gasteiger partial charge in [0.15, 0.2) is 0 Å². The molecule has 0 radical (unpaired) electrons. The van der Waals surface area contributed by atoms with E-state index < -0.39 is 11.4 Å². The molecule has 1 fully saturated rings. The molecule has 0 spiro atoms. The van der Waals surface area contributed by atoms with E-state index in [2.05, 4.69) is 22.6 Å². The van der Waals surface area contributed by atoms with Crippen molar-refractivity contribution in [2.45, 2.75) is 44.8 Å². The lowest BCUT2D eigenvalue weighted by Gasteiger charge is -2.41. The van der Waals surface area contributed by atoms with Gasteiger partial charge in [-0.25, -0.2) is 14.4 Å². The average molecular weight is 502 g/mol. The first-order chi connectivity index (χ1) is 17.7. The summed E-state index contributed by atoms with van der Waals surface area (Å²) in [5.74, 6) is 0.329. The van der Waals surface area contributed by atoms with E-state index in [4.69, 9.17) is 4.74 Å². The number of carbonyl (C=O) groups excluding carboxylic acids is 1. The van der Waals surface area contributed by atoms with E-state index in [1.165, 1.54) is 30.6 Å². The van der Waals surface area contributed by atoms with E-state index in [9.17, 15) is 19.6 Å². The molecule has 8 nitrogen and oxygen atoms in total. The Balaban J connectivity index is 1.69. The van der Waals surface area contributed by atoms with Crippen molar-refractivity contribution in [1.29, 1.82) is 5.26 Å². The predicted molar refractivity (Wildman–Crippen MR) is 138 cm³/mol. The molecular formula is C28H28FN5O3. The SMILES string of the molecule is C=CC(=O)N1CCN(c2ncnc3cc(-c4c(O)cccc4F)c4c(c23)OC(C)(C)CC4)C[C@@H]1CC#N. The van der Waals surface area contributed by atoms with Crippen molar-refractivity contribution < 1.29 is 19.0 Å². The van der Waals surface area contributed by atoms with Crippen LogP contribution in [0.1, 0.15) is 32.3 Å². The Labute approximate surface area is 214 Å². The summed E-state index contributed by atoms with van der Waals surface area (Å²) in [6, 6.07) is 7.90. The van der Waals surface area contributed by atoms with Crippen LogP contribution in [-0.4, -0.2) is 57.2 Å². The minimum Gasteiger partial charge on any atom is -0.507 e. The predicted octanol–water partition coefficient (Wildman–Crippen LogP) is 4.36. The van der Waals surface area contributed by atoms with Crippen LogP contribution in [-0.2, 0) is 11.2 Å². The Morgan fingerprint density at radius 1 is 1.38 bits per heavy atom. The number of carbonyl (C=O) groups is 1. The molecule has 190 valence electrons. The Hall–Kier alpha value is -4.19. The number of phenolic OH excluding ortho intramolecular Hbond substituents is 1. The van der Waals surface area contributed by atoms with Crippen LogP contribution in [0, 0.1) is 17.1 Å². The summed E-state index contributed by atoms with van der Waals surface area (Å²) in [6.45, 7) is 8.92. The molecule has 2 aromatic carbocycles. The third-order valence-electron chi connectivity index (χ3n) is 7.15. The van der Waals surface area contributed by atoms with Gasteiger partial charge in [-0.15, -0.1) is 0 Å². The number of amides is 1. The van der Waals surface area contributed by atoms with Crippen LogP contribution in [0.15, 0.2) is 43.2 Å². The number of piperazine rings is 1. The van der Waals surface area contributed by atoms with Crippen molar-refractivity contribution in [2.75, 3.05) is 24.5 Å². The molecule has 0 aliphatic carbocycles. The number of aromatic nitrogens is 2. The lowest BCUT2D eigenvalue weighted by molar-refractivity contribution is -0.128. The second kappa shape index (κ2) is 9.36. The smallest absolute Gasteiger partial charge is 0.246 e. The first kappa shape index (κ1) is 24.5. The standard InChI is InChI=1S/C28H28FN5O3/c1-4-23(36)34-13-12-33(15-17(34)9-11-30)27-25-21(31-16-32-27)14-19(24-20(29)6-5-7-22(24)35)18-8-10-28(2,3)37-26(18)25/h4-7,14,16-17,35H,1,8-10,12-13,15H2,2-3H3/t17-/m0/s1. The van der Waals surface area contributed by atoms with Crippen LogP contribution >= 0.6 is 0 Å². The van der Waals surface area contributed by atoms with Gasteiger partial charge in [-0.05, 0) is 56.5 Å². The zero-order valence-corrected chi connectivity index (χ0v) is 20.9. The van der Waals surface area contributed by atoms with E-state index in [1.807, 2.05) is 18.7 Å². The van der Waals surface area contributed by atoms with Crippen molar-refractivity contribution >= 4 is 22.6 Å². The van der Waals surface area contributed by atoms with E-state index in [-0.39, 0.29) is 29.7 Å². The Morgan fingerprint density at radius 2 is 2.19 bits per heavy atom. The number of nitrogens with zero attached hydrogens (tertiary/aromatic N) is 5. The fourth-order valence-electron chi connectivity index (χ4n) is 5.31. The molecule has 2 aliphatic rings. The zero-order chi connectivity index (χ0) is 26.3. The third kappa shape index (κ3) is 4.33. The number of halogens is 1. The van der Waals surface area contributed by atoms with Gasteiger partial charge >= 0.3 is 0 Å². The fraction of sp³-hybridized carbons (Fsp3) is 0.357. The summed E-state index contributed by atoms with van der Waals surface area (Å²) >= 11 is 0. The van der Waals surface area contributed by atoms with E-state index in [0.29, 0.717) is 60.5 Å². The monoisotopic (exact) mass is 501 g/mol. The summed E-state index contributed by atoms with van der Waals surface area (Å²) in [6.07, 6.45) is 4.23. The number of ether oxygens (including phenoxy) is 1. The molecule has 5 rings (SSSR count). The van der Waals surface area contributed by atoms with Gasteiger partial charge in [-0.1, -0.05) is 12.6 Å². The number of aromatic hydroxyl groups is 1. The van der Waals surface area contributed by atoms with Crippen LogP contribution in [0.2, 0.25) is 0 Å². The summed E-state index contributed by atoms with van der Waals surface area (Å²) in [7, 11) is 0. The minimum atomic E-state index is -0.525. The molecule has 0 unspecified atom stereocenters. The maximum atomic E-state index is 15.0. The van der Waals surface area contributed by atoms with Gasteiger partial charge in [0, 0.05) is 25.2 Å². The van der Waals surface area contributed by atoms with Gasteiger partial charge in [0.1, 0.15) is 35.1 Å². The molecule has 1 amide bonds. The Kier molecular flexibility index (Phi) is 6.20. The van der Waals surface area contributed by atoms with Crippen molar-refractivity contribution in [3.8, 4) is 28.7 Å². The second-order valence-electron chi connectivity index (χ2n) is 10.0. The summed E-state index contributed by atoms with van der Waals surface area (Å²) < 4.78 is 21.5. The largest absolute Gasteiger partial charge is 0.507 e. The van der Waals surface area contributed by atoms with Gasteiger partial charge in [0.05, 0.1) is 35.0 Å². The molecule has 1 saturated heterocycles. The number of anilines is 1. The number of nitriles is 1. The van der Waals surface area contributed by atoms with Crippen molar-refractivity contribution in [3.63, 3.8) is 0 Å². The lowest BCUT2D eigenvalue weighted by atomic mass is 9.87. The fourth-order valence-corrected chi connectivity index (χ4v) is 5.31. The second-order valence-corrected chi connectivity index (χ2v) is 10.0. The number of fused-ring (bicyclic) bond motifs is 3. The van der Waals surface area contributed by atoms with Crippen molar-refractivity contribution in [3.05, 3.63) is 54.6 Å². The van der Waals surface area contributed by atoms with Gasteiger partial charge in [-0.3, -0.25) is 4.79 Å². The van der Waals surface area contributed by atoms with Crippen molar-refractivity contribution in [2.24, 2.45) is 0 Å². The maximum absolute atomic E-state index is 15.0. The Bertz CT molecular complexity index is 1430. The van der Waals surface area contributed by atoms with Crippen molar-refractivity contribution in [1.82, 2.24) is 14.9 Å². The normalized spacial score (nSPS) is 18.6. The highest BCUT2D eigenvalue weighted by Crippen LogP contribution is 2.48. The van der Waals surface area contributed by atoms with Crippen LogP contribution < -0.4 is 9.64 Å². The number of rotatable bonds is 4. The molecule has 3 aromatic rings. The number of hydrogen-bond donors (Lipinski definition) is 1. The molecule has 0 bridgehead atoms. The summed E-state index contributed by atoms with van der Waals surface area (Å²) in [5.41, 5.74) is 1.54. The highest BCUT2D eigenvalue weighted by Gasteiger charge is 2.35. The highest BCUT2D eigenvalue weighted by atomic mass is 19.1. The van der Waals surface area contributed by atoms with Gasteiger partial charge < -0.3 is 19.6 Å². The molecule has 3 heterocycles. The molecule has 9 heteroatoms. The van der Waals surface area contributed by atoms with Gasteiger partial charge in [-0.2, -0.15) is 5.26 Å². The van der Waals surface area contributed by atoms with Crippen LogP contribution in [0.5, 0.6) is 11.5 Å². The number of phenols is 1. The van der Waals surface area contributed by atoms with Gasteiger partial charge in [0.25, 0.3) is 0 Å². The number of benzene rings is 2. The molecule has 0 saturated carbocycles. The molecule has 1 N–H and O–H groups in total. The minimum absolute atomic E-state index is 0.120. The molecular weight excluding hydrogens is 473 g/mol. The number of hydrogen-bond acceptors (Lipinski definition) is 7. The summed E-state index contributed by atoms with van der Waals surface area (Å²) in [4.78, 5) is 25.2.